The molecule has 0 unspecified atom stereocenters. The minimum absolute atomic E-state index is 0.0243. The van der Waals surface area contributed by atoms with Crippen LogP contribution in [-0.2, 0) is 21.4 Å². The van der Waals surface area contributed by atoms with Gasteiger partial charge in [0.05, 0.1) is 11.4 Å². The van der Waals surface area contributed by atoms with E-state index >= 15 is 0 Å². The van der Waals surface area contributed by atoms with Crippen molar-refractivity contribution in [3.8, 4) is 0 Å². The summed E-state index contributed by atoms with van der Waals surface area (Å²) in [5.41, 5.74) is 0.449. The van der Waals surface area contributed by atoms with Crippen LogP contribution in [0.4, 0.5) is 4.39 Å². The van der Waals surface area contributed by atoms with E-state index in [4.69, 9.17) is 0 Å². The highest BCUT2D eigenvalue weighted by Gasteiger charge is 2.19. The first-order valence-electron chi connectivity index (χ1n) is 8.51. The fraction of sp³-hybridized carbons (Fsp3) is 0.263. The maximum absolute atomic E-state index is 13.8. The van der Waals surface area contributed by atoms with E-state index in [9.17, 15) is 22.4 Å². The first-order chi connectivity index (χ1) is 13.5. The summed E-state index contributed by atoms with van der Waals surface area (Å²) in [7, 11) is 0.605. The van der Waals surface area contributed by atoms with Crippen LogP contribution >= 0.6 is 15.9 Å². The van der Waals surface area contributed by atoms with Gasteiger partial charge >= 0.3 is 0 Å². The van der Waals surface area contributed by atoms with Crippen LogP contribution < -0.4 is 5.32 Å². The summed E-state index contributed by atoms with van der Waals surface area (Å²) in [5, 5.41) is 2.46. The lowest BCUT2D eigenvalue weighted by Crippen LogP contribution is -2.38. The topological polar surface area (TPSA) is 86.8 Å². The summed E-state index contributed by atoms with van der Waals surface area (Å²) >= 11 is 3.25. The molecule has 0 saturated heterocycles. The Morgan fingerprint density at radius 3 is 2.45 bits per heavy atom. The van der Waals surface area contributed by atoms with Crippen molar-refractivity contribution in [2.24, 2.45) is 0 Å². The number of rotatable bonds is 7. The summed E-state index contributed by atoms with van der Waals surface area (Å²) in [4.78, 5) is 25.9. The highest BCUT2D eigenvalue weighted by molar-refractivity contribution is 9.10. The highest BCUT2D eigenvalue weighted by Crippen LogP contribution is 2.17. The van der Waals surface area contributed by atoms with Gasteiger partial charge in [-0.15, -0.1) is 0 Å². The molecule has 0 bridgehead atoms. The summed E-state index contributed by atoms with van der Waals surface area (Å²) in [6.45, 7) is -0.272. The first-order valence-corrected chi connectivity index (χ1v) is 10.7. The molecular formula is C19H21BrFN3O4S. The first kappa shape index (κ1) is 23.0. The minimum Gasteiger partial charge on any atom is -0.343 e. The number of carbonyl (C=O) groups excluding carboxylic acids is 2. The predicted molar refractivity (Wildman–Crippen MR) is 110 cm³/mol. The fourth-order valence-corrected chi connectivity index (χ4v) is 3.77. The number of nitrogens with one attached hydrogen (secondary N) is 1. The van der Waals surface area contributed by atoms with Crippen molar-refractivity contribution in [3.05, 3.63) is 63.9 Å². The molecule has 0 saturated carbocycles. The van der Waals surface area contributed by atoms with Crippen LogP contribution in [0.2, 0.25) is 0 Å². The Labute approximate surface area is 177 Å². The third-order valence-electron chi connectivity index (χ3n) is 4.12. The average Bonchev–Trinajstić information content (AvgIpc) is 2.68. The van der Waals surface area contributed by atoms with E-state index in [1.807, 2.05) is 0 Å². The molecule has 10 heteroatoms. The lowest BCUT2D eigenvalue weighted by molar-refractivity contribution is -0.129. The van der Waals surface area contributed by atoms with Crippen LogP contribution in [0.15, 0.2) is 51.8 Å². The molecule has 156 valence electrons. The van der Waals surface area contributed by atoms with Gasteiger partial charge in [-0.3, -0.25) is 9.59 Å². The quantitative estimate of drug-likeness (QED) is 0.651. The molecule has 2 aromatic rings. The largest absolute Gasteiger partial charge is 0.343 e. The number of hydrogen-bond acceptors (Lipinski definition) is 4. The fourth-order valence-electron chi connectivity index (χ4n) is 2.41. The second-order valence-corrected chi connectivity index (χ2v) is 9.55. The summed E-state index contributed by atoms with van der Waals surface area (Å²) in [5.74, 6) is -1.44. The van der Waals surface area contributed by atoms with Crippen LogP contribution in [0.5, 0.6) is 0 Å². The molecule has 0 atom stereocenters. The van der Waals surface area contributed by atoms with Crippen molar-refractivity contribution >= 4 is 37.8 Å². The monoisotopic (exact) mass is 485 g/mol. The third kappa shape index (κ3) is 5.84. The average molecular weight is 486 g/mol. The molecule has 0 heterocycles. The molecule has 0 fully saturated rings. The predicted octanol–water partition coefficient (Wildman–Crippen LogP) is 2.23. The van der Waals surface area contributed by atoms with Crippen molar-refractivity contribution in [3.63, 3.8) is 0 Å². The molecular weight excluding hydrogens is 465 g/mol. The summed E-state index contributed by atoms with van der Waals surface area (Å²) < 4.78 is 39.9. The van der Waals surface area contributed by atoms with Crippen LogP contribution in [0, 0.1) is 5.82 Å². The summed E-state index contributed by atoms with van der Waals surface area (Å²) in [6, 6.07) is 9.98. The van der Waals surface area contributed by atoms with Gasteiger partial charge < -0.3 is 10.2 Å². The number of carbonyl (C=O) groups is 2. The Hall–Kier alpha value is -2.30. The van der Waals surface area contributed by atoms with Gasteiger partial charge in [0.2, 0.25) is 15.9 Å². The highest BCUT2D eigenvalue weighted by atomic mass is 79.9. The Morgan fingerprint density at radius 1 is 1.10 bits per heavy atom. The van der Waals surface area contributed by atoms with E-state index in [1.54, 1.807) is 12.1 Å². The third-order valence-corrected chi connectivity index (χ3v) is 6.42. The van der Waals surface area contributed by atoms with Crippen LogP contribution in [0.25, 0.3) is 0 Å². The van der Waals surface area contributed by atoms with E-state index in [2.05, 4.69) is 21.2 Å². The second kappa shape index (κ2) is 9.47. The zero-order chi connectivity index (χ0) is 21.8. The van der Waals surface area contributed by atoms with Gasteiger partial charge in [0.15, 0.2) is 0 Å². The molecule has 0 aliphatic rings. The van der Waals surface area contributed by atoms with E-state index in [-0.39, 0.29) is 23.5 Å². The number of hydrogen-bond donors (Lipinski definition) is 1. The number of sulfonamides is 1. The van der Waals surface area contributed by atoms with E-state index in [1.165, 1.54) is 56.4 Å². The van der Waals surface area contributed by atoms with Gasteiger partial charge in [0.25, 0.3) is 5.91 Å². The van der Waals surface area contributed by atoms with Gasteiger partial charge in [0, 0.05) is 43.3 Å². The lowest BCUT2D eigenvalue weighted by Gasteiger charge is -2.18. The number of amides is 2. The number of halogens is 2. The molecule has 0 spiro atoms. The molecule has 29 heavy (non-hydrogen) atoms. The van der Waals surface area contributed by atoms with E-state index in [0.717, 1.165) is 4.31 Å². The normalized spacial score (nSPS) is 11.4. The molecule has 0 aromatic heterocycles. The molecule has 0 radical (unpaired) electrons. The smallest absolute Gasteiger partial charge is 0.251 e. The maximum atomic E-state index is 13.8. The van der Waals surface area contributed by atoms with Crippen molar-refractivity contribution in [1.82, 2.24) is 14.5 Å². The van der Waals surface area contributed by atoms with Gasteiger partial charge in [-0.1, -0.05) is 22.0 Å². The van der Waals surface area contributed by atoms with Crippen LogP contribution in [-0.4, -0.2) is 57.1 Å². The molecule has 2 aromatic carbocycles. The number of likely N-dealkylation sites (N-methyl/N-ethyl adjacent to an activating group) is 1. The van der Waals surface area contributed by atoms with Crippen molar-refractivity contribution in [2.45, 2.75) is 11.4 Å². The molecule has 0 aliphatic carbocycles. The lowest BCUT2D eigenvalue weighted by atomic mass is 10.2. The standard InChI is InChI=1S/C19H21BrFN3O4S/c1-23(2)29(27,28)16-6-4-5-13(10-16)19(26)22-11-18(25)24(3)12-14-9-15(20)7-8-17(14)21/h4-10H,11-12H2,1-3H3,(H,22,26). The molecule has 2 amide bonds. The Kier molecular flexibility index (Phi) is 7.50. The van der Waals surface area contributed by atoms with Gasteiger partial charge in [-0.05, 0) is 36.4 Å². The van der Waals surface area contributed by atoms with Crippen molar-refractivity contribution < 1.29 is 22.4 Å². The SMILES string of the molecule is CN(Cc1cc(Br)ccc1F)C(=O)CNC(=O)c1cccc(S(=O)(=O)N(C)C)c1. The van der Waals surface area contributed by atoms with Gasteiger partial charge in [-0.25, -0.2) is 17.1 Å². The number of benzene rings is 2. The zero-order valence-electron chi connectivity index (χ0n) is 16.1. The van der Waals surface area contributed by atoms with Crippen LogP contribution in [0.1, 0.15) is 15.9 Å². The minimum atomic E-state index is -3.68. The Morgan fingerprint density at radius 2 is 1.79 bits per heavy atom. The van der Waals surface area contributed by atoms with Gasteiger partial charge in [0.1, 0.15) is 5.82 Å². The van der Waals surface area contributed by atoms with Gasteiger partial charge in [-0.2, -0.15) is 0 Å². The van der Waals surface area contributed by atoms with E-state index < -0.39 is 27.7 Å². The zero-order valence-corrected chi connectivity index (χ0v) is 18.5. The molecule has 1 N–H and O–H groups in total. The summed E-state index contributed by atoms with van der Waals surface area (Å²) in [6.07, 6.45) is 0. The van der Waals surface area contributed by atoms with E-state index in [0.29, 0.717) is 10.0 Å². The van der Waals surface area contributed by atoms with Crippen molar-refractivity contribution in [1.29, 1.82) is 0 Å². The second-order valence-electron chi connectivity index (χ2n) is 6.48. The van der Waals surface area contributed by atoms with Crippen molar-refractivity contribution in [2.75, 3.05) is 27.7 Å². The maximum Gasteiger partial charge on any atom is 0.251 e. The Bertz CT molecular complexity index is 1030. The molecule has 0 aliphatic heterocycles. The number of nitrogens with zero attached hydrogens (tertiary/aromatic N) is 2. The molecule has 7 nitrogen and oxygen atoms in total. The van der Waals surface area contributed by atoms with Crippen LogP contribution in [0.3, 0.4) is 0 Å². The molecule has 2 rings (SSSR count). The Balaban J connectivity index is 2.01.